The number of fused-ring (bicyclic) bond motifs is 4. The van der Waals surface area contributed by atoms with E-state index in [4.69, 9.17) is 16.3 Å². The molecule has 0 aromatic heterocycles. The second-order valence-corrected chi connectivity index (χ2v) is 8.68. The van der Waals surface area contributed by atoms with Crippen LogP contribution in [-0.2, 0) is 24.7 Å². The molecule has 4 atom stereocenters. The van der Waals surface area contributed by atoms with Crippen molar-refractivity contribution >= 4 is 35.0 Å². The highest BCUT2D eigenvalue weighted by Crippen LogP contribution is 2.51. The molecule has 0 unspecified atom stereocenters. The lowest BCUT2D eigenvalue weighted by atomic mass is 9.76. The van der Waals surface area contributed by atoms with Crippen LogP contribution in [0.1, 0.15) is 25.8 Å². The molecule has 1 aromatic rings. The van der Waals surface area contributed by atoms with E-state index >= 15 is 0 Å². The van der Waals surface area contributed by atoms with Crippen molar-refractivity contribution in [2.24, 2.45) is 17.8 Å². The first-order chi connectivity index (χ1) is 13.3. The van der Waals surface area contributed by atoms with Crippen LogP contribution >= 0.6 is 11.6 Å². The van der Waals surface area contributed by atoms with Crippen molar-refractivity contribution in [1.29, 1.82) is 0 Å². The standard InChI is InChI=1S/C20H24ClN3O4/c1-10(2)9-13-14-15(18(26)24(17(14)25)7-8-28-3)20(23-13)11-5-4-6-12(21)16(11)22-19(20)27/h4-6,10,13-15,23H,7-9H2,1-3H3,(H,22,27)/p+1/t13-,14+,15-,20-/m0/s1. The van der Waals surface area contributed by atoms with Crippen molar-refractivity contribution in [2.75, 3.05) is 25.6 Å². The average Bonchev–Trinajstić information content (AvgIpc) is 3.20. The van der Waals surface area contributed by atoms with E-state index in [1.165, 1.54) is 12.0 Å². The van der Waals surface area contributed by atoms with E-state index in [1.54, 1.807) is 12.1 Å². The van der Waals surface area contributed by atoms with Crippen molar-refractivity contribution in [1.82, 2.24) is 4.90 Å². The van der Waals surface area contributed by atoms with Crippen LogP contribution in [0.4, 0.5) is 5.69 Å². The second kappa shape index (κ2) is 6.83. The Labute approximate surface area is 168 Å². The quantitative estimate of drug-likeness (QED) is 0.705. The van der Waals surface area contributed by atoms with Gasteiger partial charge in [0.2, 0.25) is 17.4 Å². The zero-order chi connectivity index (χ0) is 20.2. The number of carbonyl (C=O) groups is 3. The number of methoxy groups -OCH3 is 1. The summed E-state index contributed by atoms with van der Waals surface area (Å²) in [6, 6.07) is 5.18. The molecule has 0 aliphatic carbocycles. The Balaban J connectivity index is 1.84. The van der Waals surface area contributed by atoms with Crippen LogP contribution in [0.2, 0.25) is 5.02 Å². The SMILES string of the molecule is COCCN1C(=O)[C@@H]2[C@H](CC(C)C)[NH2+][C@]3(C(=O)Nc4c(Cl)cccc43)[C@@H]2C1=O. The van der Waals surface area contributed by atoms with Gasteiger partial charge < -0.3 is 15.4 Å². The molecule has 3 N–H and O–H groups in total. The zero-order valence-corrected chi connectivity index (χ0v) is 17.0. The van der Waals surface area contributed by atoms with Crippen LogP contribution in [0.15, 0.2) is 18.2 Å². The zero-order valence-electron chi connectivity index (χ0n) is 16.2. The Morgan fingerprint density at radius 1 is 1.29 bits per heavy atom. The van der Waals surface area contributed by atoms with Crippen LogP contribution < -0.4 is 10.6 Å². The maximum Gasteiger partial charge on any atom is 0.291 e. The van der Waals surface area contributed by atoms with Crippen LogP contribution in [0.3, 0.4) is 0 Å². The van der Waals surface area contributed by atoms with Gasteiger partial charge in [-0.05, 0) is 18.1 Å². The summed E-state index contributed by atoms with van der Waals surface area (Å²) in [6.45, 7) is 4.64. The minimum atomic E-state index is -1.15. The van der Waals surface area contributed by atoms with Gasteiger partial charge in [-0.15, -0.1) is 0 Å². The predicted octanol–water partition coefficient (Wildman–Crippen LogP) is 0.727. The van der Waals surface area contributed by atoms with Crippen LogP contribution in [-0.4, -0.2) is 48.9 Å². The Hall–Kier alpha value is -1.96. The third-order valence-electron chi connectivity index (χ3n) is 6.21. The Morgan fingerprint density at radius 2 is 2.04 bits per heavy atom. The number of carbonyl (C=O) groups excluding carboxylic acids is 3. The van der Waals surface area contributed by atoms with E-state index in [0.29, 0.717) is 22.2 Å². The summed E-state index contributed by atoms with van der Waals surface area (Å²) >= 11 is 6.32. The van der Waals surface area contributed by atoms with Crippen molar-refractivity contribution in [2.45, 2.75) is 31.8 Å². The Morgan fingerprint density at radius 3 is 2.71 bits per heavy atom. The maximum absolute atomic E-state index is 13.4. The number of hydrogen-bond acceptors (Lipinski definition) is 4. The van der Waals surface area contributed by atoms with Gasteiger partial charge >= 0.3 is 0 Å². The molecule has 28 heavy (non-hydrogen) atoms. The molecule has 8 heteroatoms. The molecule has 150 valence electrons. The lowest BCUT2D eigenvalue weighted by Gasteiger charge is -2.26. The Bertz CT molecular complexity index is 858. The first kappa shape index (κ1) is 19.4. The lowest BCUT2D eigenvalue weighted by molar-refractivity contribution is -0.734. The van der Waals surface area contributed by atoms with Gasteiger partial charge in [-0.3, -0.25) is 19.3 Å². The molecule has 2 saturated heterocycles. The number of hydrogen-bond donors (Lipinski definition) is 2. The minimum absolute atomic E-state index is 0.148. The third kappa shape index (κ3) is 2.53. The second-order valence-electron chi connectivity index (χ2n) is 8.27. The number of rotatable bonds is 5. The molecular formula is C20H25ClN3O4+. The lowest BCUT2D eigenvalue weighted by Crippen LogP contribution is -2.99. The highest BCUT2D eigenvalue weighted by atomic mass is 35.5. The van der Waals surface area contributed by atoms with E-state index in [2.05, 4.69) is 19.2 Å². The van der Waals surface area contributed by atoms with Gasteiger partial charge in [-0.25, -0.2) is 0 Å². The molecule has 0 saturated carbocycles. The molecule has 3 amide bonds. The van der Waals surface area contributed by atoms with E-state index < -0.39 is 17.4 Å². The van der Waals surface area contributed by atoms with Gasteiger partial charge in [0.1, 0.15) is 17.9 Å². The first-order valence-electron chi connectivity index (χ1n) is 9.63. The summed E-state index contributed by atoms with van der Waals surface area (Å²) < 4.78 is 5.07. The highest BCUT2D eigenvalue weighted by molar-refractivity contribution is 6.35. The number of anilines is 1. The van der Waals surface area contributed by atoms with Crippen LogP contribution in [0.25, 0.3) is 0 Å². The number of nitrogens with two attached hydrogens (primary N) is 1. The number of halogens is 1. The average molecular weight is 407 g/mol. The minimum Gasteiger partial charge on any atom is -0.383 e. The molecule has 2 fully saturated rings. The number of nitrogens with one attached hydrogen (secondary N) is 1. The van der Waals surface area contributed by atoms with Gasteiger partial charge in [0.25, 0.3) is 5.91 Å². The summed E-state index contributed by atoms with van der Waals surface area (Å²) in [4.78, 5) is 41.1. The summed E-state index contributed by atoms with van der Waals surface area (Å²) in [7, 11) is 1.53. The number of likely N-dealkylation sites (tertiary alicyclic amines) is 1. The summed E-state index contributed by atoms with van der Waals surface area (Å²) in [6.07, 6.45) is 0.739. The van der Waals surface area contributed by atoms with E-state index in [-0.39, 0.29) is 36.9 Å². The first-order valence-corrected chi connectivity index (χ1v) is 10.0. The monoisotopic (exact) mass is 406 g/mol. The van der Waals surface area contributed by atoms with E-state index in [0.717, 1.165) is 6.42 Å². The highest BCUT2D eigenvalue weighted by Gasteiger charge is 2.74. The predicted molar refractivity (Wildman–Crippen MR) is 103 cm³/mol. The van der Waals surface area contributed by atoms with Gasteiger partial charge in [-0.1, -0.05) is 31.5 Å². The van der Waals surface area contributed by atoms with Gasteiger partial charge in [0.05, 0.1) is 23.9 Å². The Kier molecular flexibility index (Phi) is 4.72. The van der Waals surface area contributed by atoms with E-state index in [9.17, 15) is 14.4 Å². The number of nitrogens with zero attached hydrogens (tertiary/aromatic N) is 1. The fourth-order valence-electron chi connectivity index (χ4n) is 5.18. The normalized spacial score (nSPS) is 31.1. The molecule has 7 nitrogen and oxygen atoms in total. The maximum atomic E-state index is 13.4. The fraction of sp³-hybridized carbons (Fsp3) is 0.550. The van der Waals surface area contributed by atoms with Crippen LogP contribution in [0.5, 0.6) is 0 Å². The van der Waals surface area contributed by atoms with Gasteiger partial charge in [-0.2, -0.15) is 0 Å². The topological polar surface area (TPSA) is 92.3 Å². The van der Waals surface area contributed by atoms with Gasteiger partial charge in [0, 0.05) is 19.1 Å². The van der Waals surface area contributed by atoms with Crippen molar-refractivity contribution in [3.63, 3.8) is 0 Å². The molecule has 4 rings (SSSR count). The summed E-state index contributed by atoms with van der Waals surface area (Å²) in [5, 5.41) is 5.26. The molecule has 0 bridgehead atoms. The molecule has 3 aliphatic heterocycles. The number of amides is 3. The number of para-hydroxylation sites is 1. The molecule has 3 aliphatic rings. The molecule has 1 aromatic carbocycles. The van der Waals surface area contributed by atoms with Gasteiger partial charge in [0.15, 0.2) is 0 Å². The molecule has 0 radical (unpaired) electrons. The number of imide groups is 1. The molecular weight excluding hydrogens is 382 g/mol. The molecule has 1 spiro atoms. The third-order valence-corrected chi connectivity index (χ3v) is 6.52. The summed E-state index contributed by atoms with van der Waals surface area (Å²) in [5.41, 5.74) is 0.0879. The smallest absolute Gasteiger partial charge is 0.291 e. The summed E-state index contributed by atoms with van der Waals surface area (Å²) in [5.74, 6) is -1.70. The van der Waals surface area contributed by atoms with Crippen molar-refractivity contribution < 1.29 is 24.4 Å². The number of quaternary nitrogens is 1. The number of ether oxygens (including phenoxy) is 1. The largest absolute Gasteiger partial charge is 0.383 e. The fourth-order valence-corrected chi connectivity index (χ4v) is 5.40. The van der Waals surface area contributed by atoms with Crippen molar-refractivity contribution in [3.05, 3.63) is 28.8 Å². The van der Waals surface area contributed by atoms with Crippen LogP contribution in [0, 0.1) is 17.8 Å². The van der Waals surface area contributed by atoms with Crippen molar-refractivity contribution in [3.8, 4) is 0 Å². The number of benzene rings is 1. The molecule has 3 heterocycles. The van der Waals surface area contributed by atoms with E-state index in [1.807, 2.05) is 11.4 Å².